The second kappa shape index (κ2) is 6.51. The maximum absolute atomic E-state index is 11.5. The number of benzene rings is 1. The number of alkyl carbamates (subject to hydrolysis) is 1. The number of carbonyl (C=O) groups is 1. The van der Waals surface area contributed by atoms with Crippen molar-refractivity contribution in [1.82, 2.24) is 15.1 Å². The zero-order valence-corrected chi connectivity index (χ0v) is 13.0. The van der Waals surface area contributed by atoms with Crippen LogP contribution in [0.15, 0.2) is 36.7 Å². The number of hydrogen-bond donors (Lipinski definition) is 2. The molecule has 0 radical (unpaired) electrons. The third kappa shape index (κ3) is 4.80. The minimum Gasteiger partial charge on any atom is -0.508 e. The van der Waals surface area contributed by atoms with Crippen LogP contribution in [0.1, 0.15) is 20.8 Å². The van der Waals surface area contributed by atoms with Crippen LogP contribution < -0.4 is 5.32 Å². The van der Waals surface area contributed by atoms with E-state index < -0.39 is 11.7 Å². The van der Waals surface area contributed by atoms with Gasteiger partial charge in [-0.3, -0.25) is 4.68 Å². The normalized spacial score (nSPS) is 11.2. The molecule has 0 spiro atoms. The number of hydrogen-bond acceptors (Lipinski definition) is 4. The van der Waals surface area contributed by atoms with Crippen LogP contribution in [0.4, 0.5) is 4.79 Å². The fraction of sp³-hybridized carbons (Fsp3) is 0.375. The monoisotopic (exact) mass is 303 g/mol. The predicted octanol–water partition coefficient (Wildman–Crippen LogP) is 2.78. The summed E-state index contributed by atoms with van der Waals surface area (Å²) in [6.07, 6.45) is 3.21. The molecule has 22 heavy (non-hydrogen) atoms. The summed E-state index contributed by atoms with van der Waals surface area (Å²) < 4.78 is 6.91. The van der Waals surface area contributed by atoms with E-state index in [1.807, 2.05) is 39.1 Å². The number of amides is 1. The van der Waals surface area contributed by atoms with Crippen molar-refractivity contribution in [2.75, 3.05) is 6.54 Å². The Morgan fingerprint density at radius 2 is 1.95 bits per heavy atom. The molecular weight excluding hydrogens is 282 g/mol. The Morgan fingerprint density at radius 1 is 1.27 bits per heavy atom. The van der Waals surface area contributed by atoms with Gasteiger partial charge in [0.05, 0.1) is 12.7 Å². The van der Waals surface area contributed by atoms with E-state index in [1.54, 1.807) is 23.0 Å². The van der Waals surface area contributed by atoms with Crippen LogP contribution in [0.2, 0.25) is 0 Å². The van der Waals surface area contributed by atoms with Gasteiger partial charge < -0.3 is 15.2 Å². The lowest BCUT2D eigenvalue weighted by molar-refractivity contribution is 0.0525. The molecule has 1 heterocycles. The molecule has 1 aromatic heterocycles. The molecule has 1 amide bonds. The maximum atomic E-state index is 11.5. The number of phenolic OH excluding ortho intramolecular Hbond substituents is 1. The van der Waals surface area contributed by atoms with Crippen molar-refractivity contribution in [1.29, 1.82) is 0 Å². The van der Waals surface area contributed by atoms with E-state index in [-0.39, 0.29) is 5.75 Å². The first-order valence-electron chi connectivity index (χ1n) is 7.12. The number of phenols is 1. The van der Waals surface area contributed by atoms with Gasteiger partial charge in [-0.15, -0.1) is 0 Å². The number of carbonyl (C=O) groups excluding carboxylic acids is 1. The molecule has 0 unspecified atom stereocenters. The fourth-order valence-corrected chi connectivity index (χ4v) is 1.88. The minimum atomic E-state index is -0.498. The average molecular weight is 303 g/mol. The molecule has 0 atom stereocenters. The number of rotatable bonds is 4. The molecule has 0 saturated heterocycles. The third-order valence-electron chi connectivity index (χ3n) is 2.84. The molecule has 0 saturated carbocycles. The van der Waals surface area contributed by atoms with Gasteiger partial charge in [0.2, 0.25) is 0 Å². The molecule has 0 aliphatic rings. The van der Waals surface area contributed by atoms with Gasteiger partial charge in [-0.2, -0.15) is 5.10 Å². The molecule has 2 N–H and O–H groups in total. The van der Waals surface area contributed by atoms with Gasteiger partial charge in [0.1, 0.15) is 11.4 Å². The molecule has 0 bridgehead atoms. The highest BCUT2D eigenvalue weighted by Crippen LogP contribution is 2.20. The molecule has 6 nitrogen and oxygen atoms in total. The third-order valence-corrected chi connectivity index (χ3v) is 2.84. The molecule has 0 aliphatic carbocycles. The van der Waals surface area contributed by atoms with Crippen LogP contribution in [0.25, 0.3) is 11.1 Å². The summed E-state index contributed by atoms with van der Waals surface area (Å²) in [4.78, 5) is 11.5. The number of ether oxygens (including phenoxy) is 1. The first-order chi connectivity index (χ1) is 10.3. The van der Waals surface area contributed by atoms with Crippen molar-refractivity contribution in [2.45, 2.75) is 32.9 Å². The van der Waals surface area contributed by atoms with Crippen molar-refractivity contribution in [3.63, 3.8) is 0 Å². The van der Waals surface area contributed by atoms with Gasteiger partial charge >= 0.3 is 6.09 Å². The Bertz CT molecular complexity index is 627. The highest BCUT2D eigenvalue weighted by atomic mass is 16.6. The molecule has 0 aliphatic heterocycles. The standard InChI is InChI=1S/C16H21N3O3/c1-16(2,3)22-15(21)17-8-9-19-11-13(10-18-19)12-4-6-14(20)7-5-12/h4-7,10-11,20H,8-9H2,1-3H3,(H,17,21). The van der Waals surface area contributed by atoms with Gasteiger partial charge in [0, 0.05) is 18.3 Å². The second-order valence-corrected chi connectivity index (χ2v) is 5.97. The number of nitrogens with zero attached hydrogens (tertiary/aromatic N) is 2. The largest absolute Gasteiger partial charge is 0.508 e. The summed E-state index contributed by atoms with van der Waals surface area (Å²) in [6, 6.07) is 6.93. The van der Waals surface area contributed by atoms with Crippen LogP contribution in [-0.2, 0) is 11.3 Å². The summed E-state index contributed by atoms with van der Waals surface area (Å²) in [7, 11) is 0. The van der Waals surface area contributed by atoms with Gasteiger partial charge in [-0.25, -0.2) is 4.79 Å². The van der Waals surface area contributed by atoms with Crippen LogP contribution >= 0.6 is 0 Å². The molecule has 118 valence electrons. The van der Waals surface area contributed by atoms with Crippen LogP contribution in [0.3, 0.4) is 0 Å². The Labute approximate surface area is 129 Å². The Hall–Kier alpha value is -2.50. The van der Waals surface area contributed by atoms with E-state index in [0.717, 1.165) is 11.1 Å². The summed E-state index contributed by atoms with van der Waals surface area (Å²) >= 11 is 0. The maximum Gasteiger partial charge on any atom is 0.407 e. The van der Waals surface area contributed by atoms with Crippen molar-refractivity contribution in [3.8, 4) is 16.9 Å². The zero-order chi connectivity index (χ0) is 16.2. The molecule has 1 aromatic carbocycles. The fourth-order valence-electron chi connectivity index (χ4n) is 1.88. The lowest BCUT2D eigenvalue weighted by Gasteiger charge is -2.19. The molecule has 2 aromatic rings. The van der Waals surface area contributed by atoms with E-state index in [9.17, 15) is 9.90 Å². The van der Waals surface area contributed by atoms with E-state index in [1.165, 1.54) is 0 Å². The minimum absolute atomic E-state index is 0.234. The first kappa shape index (κ1) is 15.9. The lowest BCUT2D eigenvalue weighted by atomic mass is 10.1. The zero-order valence-electron chi connectivity index (χ0n) is 13.0. The van der Waals surface area contributed by atoms with E-state index >= 15 is 0 Å². The van der Waals surface area contributed by atoms with Crippen LogP contribution in [0.5, 0.6) is 5.75 Å². The number of nitrogens with one attached hydrogen (secondary N) is 1. The highest BCUT2D eigenvalue weighted by Gasteiger charge is 2.15. The smallest absolute Gasteiger partial charge is 0.407 e. The highest BCUT2D eigenvalue weighted by molar-refractivity contribution is 5.67. The number of aromatic hydroxyl groups is 1. The summed E-state index contributed by atoms with van der Waals surface area (Å²) in [5.41, 5.74) is 1.43. The van der Waals surface area contributed by atoms with E-state index in [4.69, 9.17) is 4.74 Å². The van der Waals surface area contributed by atoms with Crippen LogP contribution in [0, 0.1) is 0 Å². The van der Waals surface area contributed by atoms with Gasteiger partial charge in [0.25, 0.3) is 0 Å². The van der Waals surface area contributed by atoms with Crippen molar-refractivity contribution in [3.05, 3.63) is 36.7 Å². The Morgan fingerprint density at radius 3 is 2.59 bits per heavy atom. The van der Waals surface area contributed by atoms with Gasteiger partial charge in [0.15, 0.2) is 0 Å². The van der Waals surface area contributed by atoms with Gasteiger partial charge in [-0.1, -0.05) is 12.1 Å². The summed E-state index contributed by atoms with van der Waals surface area (Å²) in [6.45, 7) is 6.46. The molecule has 2 rings (SSSR count). The molecule has 6 heteroatoms. The topological polar surface area (TPSA) is 76.4 Å². The van der Waals surface area contributed by atoms with Gasteiger partial charge in [-0.05, 0) is 38.5 Å². The predicted molar refractivity (Wildman–Crippen MR) is 83.6 cm³/mol. The van der Waals surface area contributed by atoms with Crippen molar-refractivity contribution < 1.29 is 14.6 Å². The second-order valence-electron chi connectivity index (χ2n) is 5.97. The Kier molecular flexibility index (Phi) is 4.70. The summed E-state index contributed by atoms with van der Waals surface area (Å²) in [5, 5.41) is 16.2. The SMILES string of the molecule is CC(C)(C)OC(=O)NCCn1cc(-c2ccc(O)cc2)cn1. The summed E-state index contributed by atoms with van der Waals surface area (Å²) in [5.74, 6) is 0.234. The van der Waals surface area contributed by atoms with Crippen molar-refractivity contribution in [2.24, 2.45) is 0 Å². The quantitative estimate of drug-likeness (QED) is 0.910. The van der Waals surface area contributed by atoms with Crippen molar-refractivity contribution >= 4 is 6.09 Å². The van der Waals surface area contributed by atoms with Crippen LogP contribution in [-0.4, -0.2) is 33.1 Å². The molecular formula is C16H21N3O3. The Balaban J connectivity index is 1.85. The molecule has 0 fully saturated rings. The number of aromatic nitrogens is 2. The van der Waals surface area contributed by atoms with E-state index in [0.29, 0.717) is 13.1 Å². The van der Waals surface area contributed by atoms with E-state index in [2.05, 4.69) is 10.4 Å². The first-order valence-corrected chi connectivity index (χ1v) is 7.12. The lowest BCUT2D eigenvalue weighted by Crippen LogP contribution is -2.34. The average Bonchev–Trinajstić information content (AvgIpc) is 2.86.